The first-order valence-corrected chi connectivity index (χ1v) is 11.5. The molecule has 2 heterocycles. The van der Waals surface area contributed by atoms with Gasteiger partial charge in [-0.1, -0.05) is 43.5 Å². The smallest absolute Gasteiger partial charge is 0.227 e. The predicted octanol–water partition coefficient (Wildman–Crippen LogP) is 4.09. The van der Waals surface area contributed by atoms with E-state index in [1.54, 1.807) is 13.4 Å². The molecule has 2 fully saturated rings. The van der Waals surface area contributed by atoms with E-state index in [-0.39, 0.29) is 11.3 Å². The highest BCUT2D eigenvalue weighted by atomic mass is 16.2. The van der Waals surface area contributed by atoms with Gasteiger partial charge in [0.15, 0.2) is 0 Å². The molecule has 30 heavy (non-hydrogen) atoms. The van der Waals surface area contributed by atoms with Gasteiger partial charge in [-0.25, -0.2) is 9.97 Å². The van der Waals surface area contributed by atoms with Crippen LogP contribution in [0.25, 0.3) is 11.1 Å². The fraction of sp³-hybridized carbons (Fsp3) is 0.560. The van der Waals surface area contributed by atoms with Crippen molar-refractivity contribution in [2.75, 3.05) is 26.7 Å². The maximum Gasteiger partial charge on any atom is 0.227 e. The third kappa shape index (κ3) is 4.72. The molecule has 5 heteroatoms. The van der Waals surface area contributed by atoms with Crippen molar-refractivity contribution in [3.8, 4) is 11.1 Å². The second kappa shape index (κ2) is 9.69. The molecule has 2 aromatic rings. The molecule has 0 radical (unpaired) electrons. The summed E-state index contributed by atoms with van der Waals surface area (Å²) in [6.07, 6.45) is 14.9. The van der Waals surface area contributed by atoms with Gasteiger partial charge in [-0.05, 0) is 55.7 Å². The van der Waals surface area contributed by atoms with Crippen molar-refractivity contribution in [1.82, 2.24) is 20.2 Å². The van der Waals surface area contributed by atoms with Gasteiger partial charge < -0.3 is 10.2 Å². The van der Waals surface area contributed by atoms with Crippen LogP contribution in [0.4, 0.5) is 0 Å². The van der Waals surface area contributed by atoms with Crippen LogP contribution in [-0.2, 0) is 11.2 Å². The molecule has 1 aliphatic heterocycles. The number of benzene rings is 1. The van der Waals surface area contributed by atoms with Gasteiger partial charge in [0.2, 0.25) is 5.91 Å². The lowest BCUT2D eigenvalue weighted by Crippen LogP contribution is -2.53. The molecule has 1 N–H and O–H groups in total. The van der Waals surface area contributed by atoms with Crippen LogP contribution in [0.1, 0.15) is 50.5 Å². The maximum atomic E-state index is 13.2. The number of rotatable bonds is 6. The van der Waals surface area contributed by atoms with Gasteiger partial charge in [-0.2, -0.15) is 0 Å². The van der Waals surface area contributed by atoms with Crippen molar-refractivity contribution in [2.24, 2.45) is 11.3 Å². The standard InChI is InChI=1S/C25H34N4O/c1-26-24(30)25(12-7-13-29(18-25)17-20-8-3-2-4-9-20)14-21-10-5-6-11-23(21)22-15-27-19-28-16-22/h5-6,10-11,15-16,19-20H,2-4,7-9,12-14,17-18H2,1H3,(H,26,30)/t25-/m1/s1. The molecular weight excluding hydrogens is 372 g/mol. The van der Waals surface area contributed by atoms with Crippen LogP contribution >= 0.6 is 0 Å². The van der Waals surface area contributed by atoms with Gasteiger partial charge >= 0.3 is 0 Å². The zero-order valence-electron chi connectivity index (χ0n) is 18.1. The fourth-order valence-corrected chi connectivity index (χ4v) is 5.55. The fourth-order valence-electron chi connectivity index (χ4n) is 5.55. The molecule has 1 atom stereocenters. The van der Waals surface area contributed by atoms with E-state index < -0.39 is 0 Å². The molecule has 1 saturated carbocycles. The zero-order valence-corrected chi connectivity index (χ0v) is 18.1. The van der Waals surface area contributed by atoms with Crippen LogP contribution in [0.5, 0.6) is 0 Å². The Morgan fingerprint density at radius 3 is 2.67 bits per heavy atom. The van der Waals surface area contributed by atoms with Gasteiger partial charge in [-0.15, -0.1) is 0 Å². The van der Waals surface area contributed by atoms with Crippen LogP contribution in [0.15, 0.2) is 43.0 Å². The van der Waals surface area contributed by atoms with Crippen LogP contribution in [-0.4, -0.2) is 47.5 Å². The molecule has 5 nitrogen and oxygen atoms in total. The summed E-state index contributed by atoms with van der Waals surface area (Å²) in [5.74, 6) is 0.975. The van der Waals surface area contributed by atoms with Crippen molar-refractivity contribution in [2.45, 2.75) is 51.4 Å². The molecule has 0 bridgehead atoms. The van der Waals surface area contributed by atoms with E-state index in [2.05, 4.69) is 44.5 Å². The van der Waals surface area contributed by atoms with E-state index in [1.807, 2.05) is 12.4 Å². The number of carbonyl (C=O) groups excluding carboxylic acids is 1. The Morgan fingerprint density at radius 2 is 1.90 bits per heavy atom. The average molecular weight is 407 g/mol. The minimum atomic E-state index is -0.382. The summed E-state index contributed by atoms with van der Waals surface area (Å²) < 4.78 is 0. The lowest BCUT2D eigenvalue weighted by atomic mass is 9.73. The van der Waals surface area contributed by atoms with Crippen molar-refractivity contribution in [3.05, 3.63) is 48.5 Å². The van der Waals surface area contributed by atoms with E-state index >= 15 is 0 Å². The number of nitrogens with zero attached hydrogens (tertiary/aromatic N) is 3. The second-order valence-electron chi connectivity index (χ2n) is 9.16. The average Bonchev–Trinajstić information content (AvgIpc) is 2.80. The van der Waals surface area contributed by atoms with E-state index in [0.29, 0.717) is 0 Å². The Bertz CT molecular complexity index is 834. The SMILES string of the molecule is CNC(=O)[C@@]1(Cc2ccccc2-c2cncnc2)CCCN(CC2CCCCC2)C1. The number of carbonyl (C=O) groups is 1. The van der Waals surface area contributed by atoms with Gasteiger partial charge in [0, 0.05) is 38.1 Å². The largest absolute Gasteiger partial charge is 0.359 e. The maximum absolute atomic E-state index is 13.2. The molecule has 1 saturated heterocycles. The molecule has 0 unspecified atom stereocenters. The highest BCUT2D eigenvalue weighted by Gasteiger charge is 2.42. The van der Waals surface area contributed by atoms with Crippen molar-refractivity contribution >= 4 is 5.91 Å². The Kier molecular flexibility index (Phi) is 6.78. The van der Waals surface area contributed by atoms with Gasteiger partial charge in [0.1, 0.15) is 6.33 Å². The topological polar surface area (TPSA) is 58.1 Å². The lowest BCUT2D eigenvalue weighted by Gasteiger charge is -2.43. The number of amides is 1. The van der Waals surface area contributed by atoms with E-state index in [9.17, 15) is 4.79 Å². The summed E-state index contributed by atoms with van der Waals surface area (Å²) in [5.41, 5.74) is 2.96. The molecule has 4 rings (SSSR count). The monoisotopic (exact) mass is 406 g/mol. The van der Waals surface area contributed by atoms with Crippen LogP contribution in [0, 0.1) is 11.3 Å². The second-order valence-corrected chi connectivity index (χ2v) is 9.16. The summed E-state index contributed by atoms with van der Waals surface area (Å²) in [5, 5.41) is 2.99. The summed E-state index contributed by atoms with van der Waals surface area (Å²) in [6.45, 7) is 3.11. The number of hydrogen-bond donors (Lipinski definition) is 1. The molecule has 1 amide bonds. The number of piperidine rings is 1. The summed E-state index contributed by atoms with van der Waals surface area (Å²) in [7, 11) is 1.78. The Hall–Kier alpha value is -2.27. The molecule has 2 aliphatic rings. The molecule has 1 aromatic heterocycles. The lowest BCUT2D eigenvalue weighted by molar-refractivity contribution is -0.134. The van der Waals surface area contributed by atoms with E-state index in [0.717, 1.165) is 55.9 Å². The number of hydrogen-bond acceptors (Lipinski definition) is 4. The Morgan fingerprint density at radius 1 is 1.13 bits per heavy atom. The first-order chi connectivity index (χ1) is 14.7. The Labute approximate surface area is 180 Å². The summed E-state index contributed by atoms with van der Waals surface area (Å²) >= 11 is 0. The van der Waals surface area contributed by atoms with Crippen molar-refractivity contribution < 1.29 is 4.79 Å². The minimum absolute atomic E-state index is 0.176. The normalized spacial score (nSPS) is 23.2. The highest BCUT2D eigenvalue weighted by molar-refractivity contribution is 5.83. The molecule has 160 valence electrons. The summed E-state index contributed by atoms with van der Waals surface area (Å²) in [4.78, 5) is 24.2. The van der Waals surface area contributed by atoms with Crippen molar-refractivity contribution in [3.63, 3.8) is 0 Å². The third-order valence-corrected chi connectivity index (χ3v) is 7.02. The number of likely N-dealkylation sites (tertiary alicyclic amines) is 1. The van der Waals surface area contributed by atoms with E-state index in [1.165, 1.54) is 37.7 Å². The number of nitrogens with one attached hydrogen (secondary N) is 1. The van der Waals surface area contributed by atoms with Crippen LogP contribution in [0.2, 0.25) is 0 Å². The van der Waals surface area contributed by atoms with E-state index in [4.69, 9.17) is 0 Å². The predicted molar refractivity (Wildman–Crippen MR) is 120 cm³/mol. The van der Waals surface area contributed by atoms with Crippen molar-refractivity contribution in [1.29, 1.82) is 0 Å². The van der Waals surface area contributed by atoms with Gasteiger partial charge in [0.25, 0.3) is 0 Å². The quantitative estimate of drug-likeness (QED) is 0.785. The highest BCUT2D eigenvalue weighted by Crippen LogP contribution is 2.38. The first-order valence-electron chi connectivity index (χ1n) is 11.5. The van der Waals surface area contributed by atoms with Crippen LogP contribution < -0.4 is 5.32 Å². The first kappa shape index (κ1) is 21.0. The van der Waals surface area contributed by atoms with Gasteiger partial charge in [-0.3, -0.25) is 4.79 Å². The Balaban J connectivity index is 1.58. The summed E-state index contributed by atoms with van der Waals surface area (Å²) in [6, 6.07) is 8.40. The zero-order chi connectivity index (χ0) is 20.8. The molecular formula is C25H34N4O. The molecule has 1 aliphatic carbocycles. The third-order valence-electron chi connectivity index (χ3n) is 7.02. The van der Waals surface area contributed by atoms with Gasteiger partial charge in [0.05, 0.1) is 5.41 Å². The molecule has 1 aromatic carbocycles. The van der Waals surface area contributed by atoms with Crippen LogP contribution in [0.3, 0.4) is 0 Å². The number of aromatic nitrogens is 2. The minimum Gasteiger partial charge on any atom is -0.359 e. The molecule has 0 spiro atoms.